The van der Waals surface area contributed by atoms with Crippen molar-refractivity contribution in [2.45, 2.75) is 13.8 Å². The van der Waals surface area contributed by atoms with Crippen LogP contribution < -0.4 is 5.32 Å². The van der Waals surface area contributed by atoms with E-state index in [9.17, 15) is 9.90 Å². The molecule has 1 fully saturated rings. The molecule has 4 rings (SSSR count). The third kappa shape index (κ3) is 4.90. The van der Waals surface area contributed by atoms with Crippen LogP contribution in [0, 0.1) is 13.8 Å². The van der Waals surface area contributed by atoms with E-state index in [0.29, 0.717) is 15.6 Å². The van der Waals surface area contributed by atoms with Gasteiger partial charge >= 0.3 is 0 Å². The Morgan fingerprint density at radius 1 is 0.903 bits per heavy atom. The van der Waals surface area contributed by atoms with E-state index < -0.39 is 0 Å². The van der Waals surface area contributed by atoms with E-state index in [2.05, 4.69) is 20.5 Å². The Kier molecular flexibility index (Phi) is 5.95. The lowest BCUT2D eigenvalue weighted by molar-refractivity contribution is -0.115. The van der Waals surface area contributed by atoms with E-state index in [0.717, 1.165) is 28.2 Å². The van der Waals surface area contributed by atoms with Crippen molar-refractivity contribution >= 4 is 46.0 Å². The van der Waals surface area contributed by atoms with Gasteiger partial charge in [-0.05, 0) is 73.1 Å². The molecule has 1 heterocycles. The summed E-state index contributed by atoms with van der Waals surface area (Å²) in [6, 6.07) is 20.3. The minimum absolute atomic E-state index is 0.125. The summed E-state index contributed by atoms with van der Waals surface area (Å²) in [5.41, 5.74) is 4.86. The Bertz CT molecular complexity index is 1250. The molecule has 2 N–H and O–H groups in total. The molecule has 0 aliphatic carbocycles. The monoisotopic (exact) mass is 428 g/mol. The SMILES string of the molecule is Cc1ccccc1N=Nc1ccc(N=C2NC(=O)/C(=C/c3ccccc3O)S2)c(C)c1. The molecule has 1 saturated heterocycles. The van der Waals surface area contributed by atoms with E-state index in [4.69, 9.17) is 0 Å². The maximum Gasteiger partial charge on any atom is 0.264 e. The van der Waals surface area contributed by atoms with Crippen molar-refractivity contribution in [1.82, 2.24) is 5.32 Å². The molecule has 154 valence electrons. The molecule has 6 nitrogen and oxygen atoms in total. The van der Waals surface area contributed by atoms with Crippen LogP contribution >= 0.6 is 11.8 Å². The fourth-order valence-corrected chi connectivity index (χ4v) is 3.78. The Morgan fingerprint density at radius 2 is 1.68 bits per heavy atom. The molecule has 3 aromatic rings. The molecule has 1 aliphatic heterocycles. The molecule has 1 amide bonds. The number of hydrogen-bond donors (Lipinski definition) is 2. The van der Waals surface area contributed by atoms with Crippen LogP contribution in [0.25, 0.3) is 6.08 Å². The summed E-state index contributed by atoms with van der Waals surface area (Å²) in [7, 11) is 0. The Labute approximate surface area is 184 Å². The zero-order chi connectivity index (χ0) is 21.8. The fourth-order valence-electron chi connectivity index (χ4n) is 2.96. The van der Waals surface area contributed by atoms with Crippen molar-refractivity contribution in [2.24, 2.45) is 15.2 Å². The molecule has 1 aliphatic rings. The number of para-hydroxylation sites is 1. The predicted molar refractivity (Wildman–Crippen MR) is 125 cm³/mol. The van der Waals surface area contributed by atoms with Crippen molar-refractivity contribution in [3.05, 3.63) is 88.3 Å². The topological polar surface area (TPSA) is 86.4 Å². The number of thioether (sulfide) groups is 1. The Hall–Kier alpha value is -3.71. The van der Waals surface area contributed by atoms with Gasteiger partial charge < -0.3 is 10.4 Å². The van der Waals surface area contributed by atoms with Crippen LogP contribution in [0.15, 0.2) is 86.9 Å². The molecule has 0 aromatic heterocycles. The third-order valence-corrected chi connectivity index (χ3v) is 5.58. The summed E-state index contributed by atoms with van der Waals surface area (Å²) in [5.74, 6) is -0.117. The van der Waals surface area contributed by atoms with Crippen LogP contribution in [0.1, 0.15) is 16.7 Å². The first-order valence-corrected chi connectivity index (χ1v) is 10.5. The number of aromatic hydroxyl groups is 1. The number of benzene rings is 3. The van der Waals surface area contributed by atoms with Crippen molar-refractivity contribution in [2.75, 3.05) is 0 Å². The standard InChI is InChI=1S/C24H20N4O2S/c1-15-7-3-5-9-20(15)28-27-18-11-12-19(16(2)13-18)25-24-26-23(30)22(31-24)14-17-8-4-6-10-21(17)29/h3-14,29H,1-2H3,(H,25,26,30)/b22-14-,28-27?. The van der Waals surface area contributed by atoms with Gasteiger partial charge in [0.15, 0.2) is 5.17 Å². The number of rotatable bonds is 4. The molecular formula is C24H20N4O2S. The number of aryl methyl sites for hydroxylation is 2. The second-order valence-electron chi connectivity index (χ2n) is 7.00. The highest BCUT2D eigenvalue weighted by Gasteiger charge is 2.24. The second-order valence-corrected chi connectivity index (χ2v) is 8.03. The number of hydrogen-bond acceptors (Lipinski definition) is 6. The highest BCUT2D eigenvalue weighted by atomic mass is 32.2. The lowest BCUT2D eigenvalue weighted by atomic mass is 10.2. The predicted octanol–water partition coefficient (Wildman–Crippen LogP) is 6.32. The minimum Gasteiger partial charge on any atom is -0.507 e. The number of phenolic OH excluding ortho intramolecular Hbond substituents is 1. The average molecular weight is 429 g/mol. The Morgan fingerprint density at radius 3 is 2.45 bits per heavy atom. The van der Waals surface area contributed by atoms with Crippen LogP contribution in [-0.2, 0) is 4.79 Å². The van der Waals surface area contributed by atoms with Crippen molar-refractivity contribution in [1.29, 1.82) is 0 Å². The summed E-state index contributed by atoms with van der Waals surface area (Å²) in [6.45, 7) is 3.93. The molecule has 0 radical (unpaired) electrons. The van der Waals surface area contributed by atoms with Gasteiger partial charge in [0.1, 0.15) is 5.75 Å². The lowest BCUT2D eigenvalue weighted by Gasteiger charge is -2.03. The van der Waals surface area contributed by atoms with Crippen LogP contribution in [0.2, 0.25) is 0 Å². The van der Waals surface area contributed by atoms with Crippen molar-refractivity contribution < 1.29 is 9.90 Å². The first kappa shape index (κ1) is 20.6. The molecule has 0 saturated carbocycles. The quantitative estimate of drug-likeness (QED) is 0.377. The van der Waals surface area contributed by atoms with Gasteiger partial charge in [0.05, 0.1) is 22.0 Å². The first-order valence-electron chi connectivity index (χ1n) is 9.65. The number of aliphatic imine (C=N–C) groups is 1. The molecule has 0 atom stereocenters. The van der Waals surface area contributed by atoms with E-state index in [1.54, 1.807) is 30.3 Å². The Balaban J connectivity index is 1.52. The number of carbonyl (C=O) groups excluding carboxylic acids is 1. The van der Waals surface area contributed by atoms with E-state index in [1.807, 2.05) is 56.3 Å². The highest BCUT2D eigenvalue weighted by molar-refractivity contribution is 8.18. The summed E-state index contributed by atoms with van der Waals surface area (Å²) >= 11 is 1.24. The van der Waals surface area contributed by atoms with E-state index in [-0.39, 0.29) is 11.7 Å². The van der Waals surface area contributed by atoms with Gasteiger partial charge in [0.2, 0.25) is 0 Å². The minimum atomic E-state index is -0.242. The van der Waals surface area contributed by atoms with Crippen molar-refractivity contribution in [3.8, 4) is 5.75 Å². The molecule has 0 unspecified atom stereocenters. The van der Waals surface area contributed by atoms with Crippen LogP contribution in [0.3, 0.4) is 0 Å². The number of nitrogens with zero attached hydrogens (tertiary/aromatic N) is 3. The maximum absolute atomic E-state index is 12.3. The van der Waals surface area contributed by atoms with E-state index in [1.165, 1.54) is 11.8 Å². The van der Waals surface area contributed by atoms with Gasteiger partial charge in [-0.2, -0.15) is 10.2 Å². The number of phenols is 1. The molecule has 31 heavy (non-hydrogen) atoms. The normalized spacial score (nSPS) is 16.4. The third-order valence-electron chi connectivity index (χ3n) is 4.67. The molecule has 7 heteroatoms. The molecule has 0 spiro atoms. The van der Waals surface area contributed by atoms with Gasteiger partial charge in [0.25, 0.3) is 5.91 Å². The summed E-state index contributed by atoms with van der Waals surface area (Å²) in [4.78, 5) is 17.3. The van der Waals surface area contributed by atoms with Gasteiger partial charge in [-0.15, -0.1) is 0 Å². The van der Waals surface area contributed by atoms with Gasteiger partial charge in [-0.3, -0.25) is 4.79 Å². The van der Waals surface area contributed by atoms with Gasteiger partial charge in [0, 0.05) is 5.56 Å². The maximum atomic E-state index is 12.3. The molecule has 3 aromatic carbocycles. The van der Waals surface area contributed by atoms with E-state index >= 15 is 0 Å². The van der Waals surface area contributed by atoms with Gasteiger partial charge in [-0.25, -0.2) is 4.99 Å². The highest BCUT2D eigenvalue weighted by Crippen LogP contribution is 2.32. The summed E-state index contributed by atoms with van der Waals surface area (Å²) in [6.07, 6.45) is 1.65. The zero-order valence-corrected chi connectivity index (χ0v) is 17.9. The fraction of sp³-hybridized carbons (Fsp3) is 0.0833. The number of amides is 1. The van der Waals surface area contributed by atoms with Crippen LogP contribution in [-0.4, -0.2) is 16.2 Å². The lowest BCUT2D eigenvalue weighted by Crippen LogP contribution is -2.19. The smallest absolute Gasteiger partial charge is 0.264 e. The van der Waals surface area contributed by atoms with Gasteiger partial charge in [-0.1, -0.05) is 36.4 Å². The number of nitrogens with one attached hydrogen (secondary N) is 1. The molecular weight excluding hydrogens is 408 g/mol. The second kappa shape index (κ2) is 8.97. The molecule has 0 bridgehead atoms. The largest absolute Gasteiger partial charge is 0.507 e. The number of carbonyl (C=O) groups is 1. The zero-order valence-electron chi connectivity index (χ0n) is 17.0. The summed E-state index contributed by atoms with van der Waals surface area (Å²) < 4.78 is 0. The first-order chi connectivity index (χ1) is 15.0. The summed E-state index contributed by atoms with van der Waals surface area (Å²) in [5, 5.41) is 21.8. The number of amidine groups is 1. The van der Waals surface area contributed by atoms with Crippen molar-refractivity contribution in [3.63, 3.8) is 0 Å². The van der Waals surface area contributed by atoms with Crippen LogP contribution in [0.4, 0.5) is 17.1 Å². The van der Waals surface area contributed by atoms with Crippen LogP contribution in [0.5, 0.6) is 5.75 Å². The average Bonchev–Trinajstić information content (AvgIpc) is 3.10. The number of azo groups is 1.